The number of aliphatic carboxylic acids is 1. The van der Waals surface area contributed by atoms with Crippen LogP contribution < -0.4 is 5.32 Å². The number of aromatic nitrogens is 2. The number of imidazole rings is 1. The van der Waals surface area contributed by atoms with Gasteiger partial charge in [0.15, 0.2) is 0 Å². The van der Waals surface area contributed by atoms with Crippen molar-refractivity contribution in [3.63, 3.8) is 0 Å². The number of carbonyl (C=O) groups is 2. The number of ether oxygens (including phenoxy) is 1. The van der Waals surface area contributed by atoms with Crippen molar-refractivity contribution in [1.29, 1.82) is 0 Å². The Bertz CT molecular complexity index is 897. The molecule has 31 heavy (non-hydrogen) atoms. The van der Waals surface area contributed by atoms with Crippen molar-refractivity contribution in [2.24, 2.45) is 0 Å². The molecule has 1 aliphatic heterocycles. The molecule has 172 valence electrons. The molecule has 0 saturated heterocycles. The van der Waals surface area contributed by atoms with E-state index < -0.39 is 12.1 Å². The van der Waals surface area contributed by atoms with Gasteiger partial charge < -0.3 is 19.7 Å². The molecule has 1 unspecified atom stereocenters. The highest BCUT2D eigenvalue weighted by Gasteiger charge is 2.38. The second-order valence-corrected chi connectivity index (χ2v) is 7.90. The minimum absolute atomic E-state index is 0.137. The highest BCUT2D eigenvalue weighted by atomic mass is 32.1. The molecule has 3 rings (SSSR count). The van der Waals surface area contributed by atoms with Gasteiger partial charge in [0.25, 0.3) is 5.91 Å². The number of hydrogen-bond acceptors (Lipinski definition) is 6. The van der Waals surface area contributed by atoms with Gasteiger partial charge in [-0.1, -0.05) is 0 Å². The molecular formula is C19H25F3N4O4S. The zero-order chi connectivity index (χ0) is 23.2. The van der Waals surface area contributed by atoms with Crippen molar-refractivity contribution in [1.82, 2.24) is 19.8 Å². The van der Waals surface area contributed by atoms with Crippen LogP contribution in [0.2, 0.25) is 0 Å². The molecule has 0 bridgehead atoms. The fourth-order valence-electron chi connectivity index (χ4n) is 2.97. The van der Waals surface area contributed by atoms with Crippen LogP contribution in [0.1, 0.15) is 39.7 Å². The summed E-state index contributed by atoms with van der Waals surface area (Å²) >= 11 is 1.80. The second-order valence-electron chi connectivity index (χ2n) is 6.90. The number of methoxy groups -OCH3 is 1. The number of hydrogen-bond donors (Lipinski definition) is 2. The van der Waals surface area contributed by atoms with Crippen LogP contribution in [0.3, 0.4) is 0 Å². The Morgan fingerprint density at radius 3 is 2.61 bits per heavy atom. The molecule has 2 aromatic rings. The number of halogens is 3. The summed E-state index contributed by atoms with van der Waals surface area (Å²) in [6.45, 7) is 8.08. The van der Waals surface area contributed by atoms with E-state index in [0.717, 1.165) is 25.5 Å². The zero-order valence-corrected chi connectivity index (χ0v) is 18.2. The molecule has 0 spiro atoms. The first-order valence-corrected chi connectivity index (χ1v) is 10.3. The van der Waals surface area contributed by atoms with Crippen molar-refractivity contribution in [3.8, 4) is 0 Å². The highest BCUT2D eigenvalue weighted by molar-refractivity contribution is 7.10. The minimum atomic E-state index is -5.08. The van der Waals surface area contributed by atoms with E-state index >= 15 is 0 Å². The van der Waals surface area contributed by atoms with Gasteiger partial charge in [-0.05, 0) is 30.9 Å². The van der Waals surface area contributed by atoms with E-state index in [-0.39, 0.29) is 11.9 Å². The van der Waals surface area contributed by atoms with E-state index in [1.807, 2.05) is 6.20 Å². The molecule has 0 saturated carbocycles. The Labute approximate surface area is 181 Å². The molecule has 2 aromatic heterocycles. The maximum absolute atomic E-state index is 12.2. The van der Waals surface area contributed by atoms with Gasteiger partial charge in [0.1, 0.15) is 11.5 Å². The zero-order valence-electron chi connectivity index (χ0n) is 17.4. The van der Waals surface area contributed by atoms with E-state index in [1.165, 1.54) is 10.4 Å². The molecule has 0 aromatic carbocycles. The summed E-state index contributed by atoms with van der Waals surface area (Å²) in [7, 11) is 1.62. The lowest BCUT2D eigenvalue weighted by atomic mass is 10.2. The Balaban J connectivity index is 0.000000423. The maximum Gasteiger partial charge on any atom is 0.490 e. The SMILES string of the molecule is COCCNC(=O)c1cn2c(n1)C(C)N(Cc1sccc1C)CC2.O=C(O)C(F)(F)F. The summed E-state index contributed by atoms with van der Waals surface area (Å²) in [4.78, 5) is 29.5. The topological polar surface area (TPSA) is 96.7 Å². The van der Waals surface area contributed by atoms with Crippen molar-refractivity contribution >= 4 is 23.2 Å². The number of thiophene rings is 1. The number of nitrogens with one attached hydrogen (secondary N) is 1. The van der Waals surface area contributed by atoms with Gasteiger partial charge >= 0.3 is 12.1 Å². The number of carboxylic acids is 1. The van der Waals surface area contributed by atoms with E-state index in [0.29, 0.717) is 18.8 Å². The third kappa shape index (κ3) is 6.77. The number of carboxylic acid groups (broad SMARTS) is 1. The molecule has 1 atom stereocenters. The van der Waals surface area contributed by atoms with Crippen LogP contribution in [0.25, 0.3) is 0 Å². The molecule has 2 N–H and O–H groups in total. The average Bonchev–Trinajstić information content (AvgIpc) is 3.31. The molecule has 8 nitrogen and oxygen atoms in total. The Kier molecular flexibility index (Phi) is 8.60. The third-order valence-electron chi connectivity index (χ3n) is 4.74. The predicted octanol–water partition coefficient (Wildman–Crippen LogP) is 2.84. The number of rotatable bonds is 6. The standard InChI is InChI=1S/C17H24N4O2S.C2HF3O2/c1-12-4-9-24-15(12)11-20-6-7-21-10-14(19-16(21)13(20)2)17(22)18-5-8-23-3;3-2(4,5)1(6)7/h4,9-10,13H,5-8,11H2,1-3H3,(H,18,22);(H,6,7). The monoisotopic (exact) mass is 462 g/mol. The van der Waals surface area contributed by atoms with Crippen molar-refractivity contribution in [2.75, 3.05) is 26.8 Å². The number of alkyl halides is 3. The van der Waals surface area contributed by atoms with Crippen LogP contribution in [0.5, 0.6) is 0 Å². The Hall–Kier alpha value is -2.44. The van der Waals surface area contributed by atoms with Gasteiger partial charge in [-0.3, -0.25) is 9.69 Å². The van der Waals surface area contributed by atoms with Crippen LogP contribution in [0.15, 0.2) is 17.6 Å². The van der Waals surface area contributed by atoms with Gasteiger partial charge in [0.05, 0.1) is 12.6 Å². The minimum Gasteiger partial charge on any atom is -0.475 e. The highest BCUT2D eigenvalue weighted by Crippen LogP contribution is 2.28. The second kappa shape index (κ2) is 10.7. The fraction of sp³-hybridized carbons (Fsp3) is 0.526. The fourth-order valence-corrected chi connectivity index (χ4v) is 3.90. The first-order valence-electron chi connectivity index (χ1n) is 9.46. The number of fused-ring (bicyclic) bond motifs is 1. The molecule has 1 aliphatic rings. The first-order chi connectivity index (χ1) is 14.5. The summed E-state index contributed by atoms with van der Waals surface area (Å²) in [6, 6.07) is 2.36. The van der Waals surface area contributed by atoms with Gasteiger partial charge in [-0.15, -0.1) is 11.3 Å². The Morgan fingerprint density at radius 2 is 2.06 bits per heavy atom. The number of carbonyl (C=O) groups excluding carboxylic acids is 1. The smallest absolute Gasteiger partial charge is 0.475 e. The quantitative estimate of drug-likeness (QED) is 0.641. The summed E-state index contributed by atoms with van der Waals surface area (Å²) < 4.78 is 38.8. The van der Waals surface area contributed by atoms with Gasteiger partial charge in [0, 0.05) is 44.4 Å². The van der Waals surface area contributed by atoms with E-state index in [9.17, 15) is 18.0 Å². The van der Waals surface area contributed by atoms with Crippen LogP contribution in [-0.4, -0.2) is 64.4 Å². The molecule has 0 aliphatic carbocycles. The van der Waals surface area contributed by atoms with Crippen LogP contribution >= 0.6 is 11.3 Å². The third-order valence-corrected chi connectivity index (χ3v) is 5.75. The molecular weight excluding hydrogens is 437 g/mol. The van der Waals surface area contributed by atoms with Crippen LogP contribution in [0, 0.1) is 6.92 Å². The van der Waals surface area contributed by atoms with E-state index in [1.54, 1.807) is 18.4 Å². The largest absolute Gasteiger partial charge is 0.490 e. The Morgan fingerprint density at radius 1 is 1.39 bits per heavy atom. The summed E-state index contributed by atoms with van der Waals surface area (Å²) in [6.07, 6.45) is -3.22. The van der Waals surface area contributed by atoms with Crippen molar-refractivity contribution in [3.05, 3.63) is 39.6 Å². The molecule has 3 heterocycles. The first kappa shape index (κ1) is 24.8. The van der Waals surface area contributed by atoms with E-state index in [4.69, 9.17) is 14.6 Å². The number of amides is 1. The van der Waals surface area contributed by atoms with Crippen LogP contribution in [-0.2, 0) is 22.6 Å². The van der Waals surface area contributed by atoms with Crippen molar-refractivity contribution < 1.29 is 32.6 Å². The lowest BCUT2D eigenvalue weighted by molar-refractivity contribution is -0.192. The molecule has 12 heteroatoms. The van der Waals surface area contributed by atoms with E-state index in [2.05, 4.69) is 45.1 Å². The summed E-state index contributed by atoms with van der Waals surface area (Å²) in [5.41, 5.74) is 1.83. The molecule has 0 fully saturated rings. The normalized spacial score (nSPS) is 16.3. The summed E-state index contributed by atoms with van der Waals surface area (Å²) in [5.74, 6) is -1.93. The average molecular weight is 462 g/mol. The summed E-state index contributed by atoms with van der Waals surface area (Å²) in [5, 5.41) is 12.1. The number of aryl methyl sites for hydroxylation is 1. The lowest BCUT2D eigenvalue weighted by Crippen LogP contribution is -2.36. The predicted molar refractivity (Wildman–Crippen MR) is 108 cm³/mol. The van der Waals surface area contributed by atoms with Gasteiger partial charge in [0.2, 0.25) is 0 Å². The maximum atomic E-state index is 12.2. The molecule has 0 radical (unpaired) electrons. The van der Waals surface area contributed by atoms with Gasteiger partial charge in [-0.25, -0.2) is 9.78 Å². The van der Waals surface area contributed by atoms with Crippen LogP contribution in [0.4, 0.5) is 13.2 Å². The van der Waals surface area contributed by atoms with Gasteiger partial charge in [-0.2, -0.15) is 13.2 Å². The molecule has 1 amide bonds. The number of nitrogens with zero attached hydrogens (tertiary/aromatic N) is 3. The lowest BCUT2D eigenvalue weighted by Gasteiger charge is -2.33. The van der Waals surface area contributed by atoms with Crippen molar-refractivity contribution in [2.45, 2.75) is 39.2 Å².